The predicted molar refractivity (Wildman–Crippen MR) is 102 cm³/mol. The standard InChI is InChI=1S/C19H22N4O5S/c1-22-9-12-10-23(11-15(18(12)21-22)19(24)20-13-2-3-13)29(25,26)14-4-5-16-17(8-14)28-7-6-27-16/h4-5,8-9,13,15H,2-3,6-7,10-11H2,1H3,(H,20,24). The molecule has 1 saturated carbocycles. The van der Waals surface area contributed by atoms with Gasteiger partial charge in [-0.2, -0.15) is 9.40 Å². The van der Waals surface area contributed by atoms with Crippen LogP contribution in [-0.2, 0) is 28.4 Å². The average molecular weight is 418 g/mol. The fourth-order valence-electron chi connectivity index (χ4n) is 3.77. The van der Waals surface area contributed by atoms with Crippen molar-refractivity contribution in [1.82, 2.24) is 19.4 Å². The molecule has 0 radical (unpaired) electrons. The molecule has 3 aliphatic rings. The molecular formula is C19H22N4O5S. The van der Waals surface area contributed by atoms with Crippen LogP contribution < -0.4 is 14.8 Å². The Labute approximate surface area is 168 Å². The van der Waals surface area contributed by atoms with Crippen LogP contribution in [0.5, 0.6) is 11.5 Å². The summed E-state index contributed by atoms with van der Waals surface area (Å²) in [6, 6.07) is 4.81. The maximum atomic E-state index is 13.4. The fraction of sp³-hybridized carbons (Fsp3) is 0.474. The van der Waals surface area contributed by atoms with Crippen molar-refractivity contribution < 1.29 is 22.7 Å². The number of nitrogens with one attached hydrogen (secondary N) is 1. The van der Waals surface area contributed by atoms with E-state index in [4.69, 9.17) is 9.47 Å². The topological polar surface area (TPSA) is 103 Å². The molecule has 1 unspecified atom stereocenters. The quantitative estimate of drug-likeness (QED) is 0.786. The lowest BCUT2D eigenvalue weighted by molar-refractivity contribution is -0.123. The van der Waals surface area contributed by atoms with E-state index in [1.807, 2.05) is 0 Å². The summed E-state index contributed by atoms with van der Waals surface area (Å²) in [4.78, 5) is 12.9. The third-order valence-electron chi connectivity index (χ3n) is 5.39. The van der Waals surface area contributed by atoms with Gasteiger partial charge in [0.15, 0.2) is 11.5 Å². The molecule has 1 aliphatic carbocycles. The predicted octanol–water partition coefficient (Wildman–Crippen LogP) is 0.758. The van der Waals surface area contributed by atoms with E-state index in [-0.39, 0.29) is 29.9 Å². The van der Waals surface area contributed by atoms with Crippen LogP contribution in [0.4, 0.5) is 0 Å². The Morgan fingerprint density at radius 1 is 1.21 bits per heavy atom. The van der Waals surface area contributed by atoms with Crippen molar-refractivity contribution in [3.63, 3.8) is 0 Å². The summed E-state index contributed by atoms with van der Waals surface area (Å²) >= 11 is 0. The molecule has 5 rings (SSSR count). The van der Waals surface area contributed by atoms with Crippen LogP contribution in [0.2, 0.25) is 0 Å². The third kappa shape index (κ3) is 3.36. The molecule has 1 N–H and O–H groups in total. The van der Waals surface area contributed by atoms with E-state index < -0.39 is 15.9 Å². The smallest absolute Gasteiger partial charge is 0.243 e. The van der Waals surface area contributed by atoms with Gasteiger partial charge in [-0.1, -0.05) is 0 Å². The van der Waals surface area contributed by atoms with Gasteiger partial charge in [0, 0.05) is 44.0 Å². The van der Waals surface area contributed by atoms with Crippen LogP contribution in [0, 0.1) is 0 Å². The fourth-order valence-corrected chi connectivity index (χ4v) is 5.22. The second-order valence-corrected chi connectivity index (χ2v) is 9.59. The van der Waals surface area contributed by atoms with Gasteiger partial charge in [-0.05, 0) is 25.0 Å². The minimum absolute atomic E-state index is 0.0549. The Kier molecular flexibility index (Phi) is 4.28. The summed E-state index contributed by atoms with van der Waals surface area (Å²) in [7, 11) is -2.06. The van der Waals surface area contributed by atoms with Gasteiger partial charge in [0.2, 0.25) is 15.9 Å². The molecule has 2 aliphatic heterocycles. The minimum atomic E-state index is -3.83. The number of carbonyl (C=O) groups is 1. The van der Waals surface area contributed by atoms with E-state index in [0.717, 1.165) is 18.4 Å². The van der Waals surface area contributed by atoms with Gasteiger partial charge in [0.05, 0.1) is 16.5 Å². The summed E-state index contributed by atoms with van der Waals surface area (Å²) < 4.78 is 40.7. The Morgan fingerprint density at radius 2 is 1.97 bits per heavy atom. The number of aromatic nitrogens is 2. The zero-order valence-electron chi connectivity index (χ0n) is 16.0. The summed E-state index contributed by atoms with van der Waals surface area (Å²) in [5.74, 6) is 0.145. The Morgan fingerprint density at radius 3 is 2.72 bits per heavy atom. The van der Waals surface area contributed by atoms with Crippen molar-refractivity contribution in [1.29, 1.82) is 0 Å². The van der Waals surface area contributed by atoms with Crippen LogP contribution >= 0.6 is 0 Å². The van der Waals surface area contributed by atoms with E-state index in [1.54, 1.807) is 24.0 Å². The second-order valence-electron chi connectivity index (χ2n) is 7.65. The molecule has 2 aromatic rings. The van der Waals surface area contributed by atoms with Gasteiger partial charge >= 0.3 is 0 Å². The first kappa shape index (κ1) is 18.4. The maximum Gasteiger partial charge on any atom is 0.243 e. The molecule has 3 heterocycles. The number of ether oxygens (including phenoxy) is 2. The van der Waals surface area contributed by atoms with Gasteiger partial charge in [-0.15, -0.1) is 0 Å². The Hall–Kier alpha value is -2.59. The Bertz CT molecular complexity index is 1080. The van der Waals surface area contributed by atoms with Crippen LogP contribution in [0.25, 0.3) is 0 Å². The summed E-state index contributed by atoms with van der Waals surface area (Å²) in [6.07, 6.45) is 3.71. The van der Waals surface area contributed by atoms with Crippen LogP contribution in [0.1, 0.15) is 30.0 Å². The van der Waals surface area contributed by atoms with Crippen molar-refractivity contribution >= 4 is 15.9 Å². The highest BCUT2D eigenvalue weighted by Crippen LogP contribution is 2.36. The lowest BCUT2D eigenvalue weighted by atomic mass is 9.97. The van der Waals surface area contributed by atoms with Crippen molar-refractivity contribution in [2.45, 2.75) is 36.2 Å². The number of carbonyl (C=O) groups excluding carboxylic acids is 1. The number of aryl methyl sites for hydroxylation is 1. The molecule has 1 fully saturated rings. The summed E-state index contributed by atoms with van der Waals surface area (Å²) in [5, 5.41) is 7.41. The summed E-state index contributed by atoms with van der Waals surface area (Å²) in [5.41, 5.74) is 1.40. The molecule has 29 heavy (non-hydrogen) atoms. The van der Waals surface area contributed by atoms with Crippen LogP contribution in [-0.4, -0.2) is 54.2 Å². The average Bonchev–Trinajstić information content (AvgIpc) is 3.44. The highest BCUT2D eigenvalue weighted by atomic mass is 32.2. The van der Waals surface area contributed by atoms with E-state index in [1.165, 1.54) is 16.4 Å². The lowest BCUT2D eigenvalue weighted by Crippen LogP contribution is -2.44. The largest absolute Gasteiger partial charge is 0.486 e. The van der Waals surface area contributed by atoms with Gasteiger partial charge in [-0.3, -0.25) is 9.48 Å². The van der Waals surface area contributed by atoms with Gasteiger partial charge < -0.3 is 14.8 Å². The molecule has 0 bridgehead atoms. The van der Waals surface area contributed by atoms with Crippen LogP contribution in [0.3, 0.4) is 0 Å². The van der Waals surface area contributed by atoms with Gasteiger partial charge in [0.25, 0.3) is 0 Å². The molecular weight excluding hydrogens is 396 g/mol. The zero-order chi connectivity index (χ0) is 20.2. The number of hydrogen-bond donors (Lipinski definition) is 1. The molecule has 154 valence electrons. The first-order valence-electron chi connectivity index (χ1n) is 9.64. The molecule has 1 amide bonds. The molecule has 1 aromatic carbocycles. The summed E-state index contributed by atoms with van der Waals surface area (Å²) in [6.45, 7) is 1.04. The molecule has 0 spiro atoms. The number of hydrogen-bond acceptors (Lipinski definition) is 6. The first-order valence-corrected chi connectivity index (χ1v) is 11.1. The monoisotopic (exact) mass is 418 g/mol. The second kappa shape index (κ2) is 6.74. The first-order chi connectivity index (χ1) is 13.9. The molecule has 10 heteroatoms. The van der Waals surface area contributed by atoms with E-state index in [9.17, 15) is 13.2 Å². The number of benzene rings is 1. The highest BCUT2D eigenvalue weighted by Gasteiger charge is 2.40. The number of fused-ring (bicyclic) bond motifs is 2. The molecule has 1 atom stereocenters. The highest BCUT2D eigenvalue weighted by molar-refractivity contribution is 7.89. The number of sulfonamides is 1. The van der Waals surface area contributed by atoms with E-state index in [2.05, 4.69) is 10.4 Å². The van der Waals surface area contributed by atoms with Crippen molar-refractivity contribution in [2.24, 2.45) is 7.05 Å². The number of amides is 1. The van der Waals surface area contributed by atoms with Crippen molar-refractivity contribution in [3.8, 4) is 11.5 Å². The van der Waals surface area contributed by atoms with Crippen molar-refractivity contribution in [2.75, 3.05) is 19.8 Å². The van der Waals surface area contributed by atoms with E-state index >= 15 is 0 Å². The minimum Gasteiger partial charge on any atom is -0.486 e. The molecule has 9 nitrogen and oxygen atoms in total. The molecule has 0 saturated heterocycles. The maximum absolute atomic E-state index is 13.4. The normalized spacial score (nSPS) is 21.5. The van der Waals surface area contributed by atoms with Gasteiger partial charge in [0.1, 0.15) is 13.2 Å². The number of rotatable bonds is 4. The van der Waals surface area contributed by atoms with Crippen LogP contribution in [0.15, 0.2) is 29.3 Å². The SMILES string of the molecule is Cn1cc2c(n1)C(C(=O)NC1CC1)CN(S(=O)(=O)c1ccc3c(c1)OCCO3)C2. The lowest BCUT2D eigenvalue weighted by Gasteiger charge is -2.31. The zero-order valence-corrected chi connectivity index (χ0v) is 16.8. The van der Waals surface area contributed by atoms with Gasteiger partial charge in [-0.25, -0.2) is 8.42 Å². The van der Waals surface area contributed by atoms with Crippen molar-refractivity contribution in [3.05, 3.63) is 35.7 Å². The third-order valence-corrected chi connectivity index (χ3v) is 7.20. The molecule has 1 aromatic heterocycles. The number of nitrogens with zero attached hydrogens (tertiary/aromatic N) is 3. The Balaban J connectivity index is 1.47. The van der Waals surface area contributed by atoms with E-state index in [0.29, 0.717) is 30.4 Å².